The normalized spacial score (nSPS) is 13.0. The summed E-state index contributed by atoms with van der Waals surface area (Å²) in [6.07, 6.45) is 0. The number of aryl methyl sites for hydroxylation is 1. The largest absolute Gasteiger partial charge is 0.377 e. The Balaban J connectivity index is 2.18. The molecule has 1 aromatic carbocycles. The zero-order chi connectivity index (χ0) is 15.6. The van der Waals surface area contributed by atoms with E-state index in [0.29, 0.717) is 5.15 Å². The van der Waals surface area contributed by atoms with Gasteiger partial charge in [-0.1, -0.05) is 23.7 Å². The van der Waals surface area contributed by atoms with Crippen molar-refractivity contribution in [2.24, 2.45) is 5.14 Å². The van der Waals surface area contributed by atoms with Crippen molar-refractivity contribution in [1.29, 1.82) is 0 Å². The standard InChI is InChI=1S/C14H16ClN3O2S/c1-9(17-13-7-8-14(15)18-10(13)2)11-3-5-12(6-4-11)21(16,19)20/h3-9,17H,1-2H3,(H2,16,19,20). The summed E-state index contributed by atoms with van der Waals surface area (Å²) in [4.78, 5) is 4.27. The lowest BCUT2D eigenvalue weighted by Crippen LogP contribution is -2.13. The smallest absolute Gasteiger partial charge is 0.238 e. The average Bonchev–Trinajstić information content (AvgIpc) is 2.41. The summed E-state index contributed by atoms with van der Waals surface area (Å²) in [5, 5.41) is 8.83. The maximum absolute atomic E-state index is 11.2. The number of hydrogen-bond donors (Lipinski definition) is 2. The van der Waals surface area contributed by atoms with E-state index in [4.69, 9.17) is 16.7 Å². The van der Waals surface area contributed by atoms with Crippen molar-refractivity contribution < 1.29 is 8.42 Å². The number of nitrogens with one attached hydrogen (secondary N) is 1. The van der Waals surface area contributed by atoms with E-state index in [1.54, 1.807) is 18.2 Å². The summed E-state index contributed by atoms with van der Waals surface area (Å²) in [7, 11) is -3.66. The molecule has 0 bridgehead atoms. The van der Waals surface area contributed by atoms with Gasteiger partial charge in [0.25, 0.3) is 0 Å². The van der Waals surface area contributed by atoms with Crippen molar-refractivity contribution in [2.75, 3.05) is 5.32 Å². The molecule has 5 nitrogen and oxygen atoms in total. The lowest BCUT2D eigenvalue weighted by molar-refractivity contribution is 0.597. The number of primary sulfonamides is 1. The quantitative estimate of drug-likeness (QED) is 0.846. The summed E-state index contributed by atoms with van der Waals surface area (Å²) in [6, 6.07) is 10.0. The zero-order valence-electron chi connectivity index (χ0n) is 11.7. The fourth-order valence-electron chi connectivity index (χ4n) is 1.95. The molecule has 0 aliphatic heterocycles. The van der Waals surface area contributed by atoms with Crippen LogP contribution in [0, 0.1) is 6.92 Å². The highest BCUT2D eigenvalue weighted by atomic mass is 35.5. The lowest BCUT2D eigenvalue weighted by atomic mass is 10.1. The Morgan fingerprint density at radius 1 is 1.19 bits per heavy atom. The zero-order valence-corrected chi connectivity index (χ0v) is 13.2. The van der Waals surface area contributed by atoms with Gasteiger partial charge in [-0.2, -0.15) is 0 Å². The molecule has 0 saturated carbocycles. The van der Waals surface area contributed by atoms with Gasteiger partial charge >= 0.3 is 0 Å². The summed E-state index contributed by atoms with van der Waals surface area (Å²) in [5.74, 6) is 0. The first-order chi connectivity index (χ1) is 9.77. The highest BCUT2D eigenvalue weighted by Gasteiger charge is 2.11. The van der Waals surface area contributed by atoms with Gasteiger partial charge < -0.3 is 5.32 Å². The van der Waals surface area contributed by atoms with Crippen molar-refractivity contribution in [3.05, 3.63) is 52.8 Å². The molecule has 0 saturated heterocycles. The van der Waals surface area contributed by atoms with Crippen molar-refractivity contribution in [1.82, 2.24) is 4.98 Å². The first-order valence-corrected chi connectivity index (χ1v) is 8.22. The van der Waals surface area contributed by atoms with Gasteiger partial charge in [0.05, 0.1) is 16.3 Å². The molecule has 2 rings (SSSR count). The van der Waals surface area contributed by atoms with Gasteiger partial charge in [0.1, 0.15) is 5.15 Å². The summed E-state index contributed by atoms with van der Waals surface area (Å²) in [5.41, 5.74) is 2.62. The minimum atomic E-state index is -3.66. The molecule has 1 atom stereocenters. The summed E-state index contributed by atoms with van der Waals surface area (Å²) < 4.78 is 22.4. The van der Waals surface area contributed by atoms with Crippen LogP contribution in [0.25, 0.3) is 0 Å². The fraction of sp³-hybridized carbons (Fsp3) is 0.214. The third kappa shape index (κ3) is 3.93. The van der Waals surface area contributed by atoms with Gasteiger partial charge in [-0.15, -0.1) is 0 Å². The van der Waals surface area contributed by atoms with Gasteiger partial charge in [0.15, 0.2) is 0 Å². The van der Waals surface area contributed by atoms with Gasteiger partial charge in [0.2, 0.25) is 10.0 Å². The monoisotopic (exact) mass is 325 g/mol. The summed E-state index contributed by atoms with van der Waals surface area (Å²) in [6.45, 7) is 3.84. The number of aromatic nitrogens is 1. The SMILES string of the molecule is Cc1nc(Cl)ccc1NC(C)c1ccc(S(N)(=O)=O)cc1. The number of pyridine rings is 1. The number of benzene rings is 1. The molecule has 1 heterocycles. The number of anilines is 1. The number of hydrogen-bond acceptors (Lipinski definition) is 4. The van der Waals surface area contributed by atoms with Crippen LogP contribution >= 0.6 is 11.6 Å². The fourth-order valence-corrected chi connectivity index (χ4v) is 2.65. The van der Waals surface area contributed by atoms with Crippen LogP contribution < -0.4 is 10.5 Å². The first kappa shape index (κ1) is 15.8. The highest BCUT2D eigenvalue weighted by Crippen LogP contribution is 2.23. The highest BCUT2D eigenvalue weighted by molar-refractivity contribution is 7.89. The van der Waals surface area contributed by atoms with Crippen LogP contribution in [0.5, 0.6) is 0 Å². The van der Waals surface area contributed by atoms with E-state index in [0.717, 1.165) is 16.9 Å². The van der Waals surface area contributed by atoms with Crippen LogP contribution in [-0.4, -0.2) is 13.4 Å². The Hall–Kier alpha value is -1.63. The van der Waals surface area contributed by atoms with Crippen molar-refractivity contribution in [2.45, 2.75) is 24.8 Å². The Kier molecular flexibility index (Phi) is 4.51. The molecule has 0 amide bonds. The van der Waals surface area contributed by atoms with E-state index in [9.17, 15) is 8.42 Å². The average molecular weight is 326 g/mol. The molecule has 7 heteroatoms. The molecule has 0 radical (unpaired) electrons. The minimum absolute atomic E-state index is 0.0128. The molecule has 0 aliphatic carbocycles. The number of halogens is 1. The molecule has 0 spiro atoms. The van der Waals surface area contributed by atoms with Crippen LogP contribution in [0.4, 0.5) is 5.69 Å². The molecule has 0 aliphatic rings. The van der Waals surface area contributed by atoms with Crippen LogP contribution in [0.1, 0.15) is 24.2 Å². The number of nitrogens with two attached hydrogens (primary N) is 1. The van der Waals surface area contributed by atoms with Crippen molar-refractivity contribution in [3.8, 4) is 0 Å². The molecule has 21 heavy (non-hydrogen) atoms. The van der Waals surface area contributed by atoms with E-state index >= 15 is 0 Å². The second-order valence-electron chi connectivity index (χ2n) is 4.75. The van der Waals surface area contributed by atoms with Crippen LogP contribution in [0.2, 0.25) is 5.15 Å². The van der Waals surface area contributed by atoms with Gasteiger partial charge in [-0.25, -0.2) is 18.5 Å². The maximum Gasteiger partial charge on any atom is 0.238 e. The van der Waals surface area contributed by atoms with Gasteiger partial charge in [0, 0.05) is 6.04 Å². The van der Waals surface area contributed by atoms with E-state index in [1.165, 1.54) is 12.1 Å². The van der Waals surface area contributed by atoms with Crippen LogP contribution in [0.15, 0.2) is 41.3 Å². The first-order valence-electron chi connectivity index (χ1n) is 6.30. The van der Waals surface area contributed by atoms with Gasteiger partial charge in [-0.3, -0.25) is 0 Å². The number of nitrogens with zero attached hydrogens (tertiary/aromatic N) is 1. The molecular formula is C14H16ClN3O2S. The molecule has 3 N–H and O–H groups in total. The Bertz CT molecular complexity index is 745. The topological polar surface area (TPSA) is 85.1 Å². The Morgan fingerprint density at radius 2 is 1.81 bits per heavy atom. The van der Waals surface area contributed by atoms with Crippen molar-refractivity contribution >= 4 is 27.3 Å². The summed E-state index contributed by atoms with van der Waals surface area (Å²) >= 11 is 5.82. The molecule has 112 valence electrons. The van der Waals surface area contributed by atoms with Crippen molar-refractivity contribution in [3.63, 3.8) is 0 Å². The molecule has 1 aromatic heterocycles. The van der Waals surface area contributed by atoms with Crippen LogP contribution in [0.3, 0.4) is 0 Å². The predicted octanol–water partition coefficient (Wildman–Crippen LogP) is 2.86. The second kappa shape index (κ2) is 6.01. The molecule has 1 unspecified atom stereocenters. The third-order valence-corrected chi connectivity index (χ3v) is 4.27. The van der Waals surface area contributed by atoms with Crippen LogP contribution in [-0.2, 0) is 10.0 Å². The molecular weight excluding hydrogens is 310 g/mol. The second-order valence-corrected chi connectivity index (χ2v) is 6.70. The molecule has 2 aromatic rings. The Morgan fingerprint density at radius 3 is 2.33 bits per heavy atom. The van der Waals surface area contributed by atoms with E-state index in [2.05, 4.69) is 10.3 Å². The van der Waals surface area contributed by atoms with Gasteiger partial charge in [-0.05, 0) is 43.7 Å². The third-order valence-electron chi connectivity index (χ3n) is 3.13. The minimum Gasteiger partial charge on any atom is -0.377 e. The maximum atomic E-state index is 11.2. The van der Waals surface area contributed by atoms with E-state index in [1.807, 2.05) is 19.9 Å². The number of rotatable bonds is 4. The number of sulfonamides is 1. The van der Waals surface area contributed by atoms with E-state index < -0.39 is 10.0 Å². The molecule has 0 fully saturated rings. The van der Waals surface area contributed by atoms with E-state index in [-0.39, 0.29) is 10.9 Å². The lowest BCUT2D eigenvalue weighted by Gasteiger charge is -2.17. The predicted molar refractivity (Wildman–Crippen MR) is 83.8 cm³/mol. The Labute approximate surface area is 129 Å².